The van der Waals surface area contributed by atoms with Crippen molar-refractivity contribution in [3.63, 3.8) is 0 Å². The monoisotopic (exact) mass is 371 g/mol. The molecule has 27 heavy (non-hydrogen) atoms. The minimum atomic E-state index is -0.963. The van der Waals surface area contributed by atoms with Crippen LogP contribution in [0.5, 0.6) is 0 Å². The second-order valence-corrected chi connectivity index (χ2v) is 6.50. The van der Waals surface area contributed by atoms with E-state index in [0.29, 0.717) is 16.8 Å². The van der Waals surface area contributed by atoms with Gasteiger partial charge in [-0.1, -0.05) is 29.8 Å². The largest absolute Gasteiger partial charge is 0.462 e. The number of nitrogens with one attached hydrogen (secondary N) is 1. The number of rotatable bonds is 7. The number of ether oxygens (including phenoxy) is 2. The summed E-state index contributed by atoms with van der Waals surface area (Å²) in [7, 11) is 0. The van der Waals surface area contributed by atoms with Crippen molar-refractivity contribution < 1.29 is 23.9 Å². The molecule has 0 aliphatic heterocycles. The van der Waals surface area contributed by atoms with Gasteiger partial charge in [0.05, 0.1) is 24.3 Å². The molecule has 0 spiro atoms. The SMILES string of the molecule is CCOC(=O)c1c(C)[nH]c(C(=O)[C@H](C)OC(=O)Cc2ccc(C)cc2)c1C. The molecule has 0 saturated carbocycles. The van der Waals surface area contributed by atoms with Gasteiger partial charge in [0.2, 0.25) is 5.78 Å². The number of aromatic nitrogens is 1. The van der Waals surface area contributed by atoms with E-state index in [1.165, 1.54) is 6.92 Å². The van der Waals surface area contributed by atoms with Crippen LogP contribution >= 0.6 is 0 Å². The summed E-state index contributed by atoms with van der Waals surface area (Å²) in [5.74, 6) is -1.35. The number of carbonyl (C=O) groups excluding carboxylic acids is 3. The van der Waals surface area contributed by atoms with Crippen LogP contribution in [0, 0.1) is 20.8 Å². The molecule has 2 rings (SSSR count). The van der Waals surface area contributed by atoms with Crippen molar-refractivity contribution in [1.29, 1.82) is 0 Å². The highest BCUT2D eigenvalue weighted by atomic mass is 16.5. The highest BCUT2D eigenvalue weighted by Gasteiger charge is 2.27. The van der Waals surface area contributed by atoms with Gasteiger partial charge in [0, 0.05) is 5.69 Å². The lowest BCUT2D eigenvalue weighted by Gasteiger charge is -2.12. The van der Waals surface area contributed by atoms with Gasteiger partial charge in [-0.05, 0) is 45.7 Å². The van der Waals surface area contributed by atoms with Crippen molar-refractivity contribution in [3.8, 4) is 0 Å². The molecule has 0 fully saturated rings. The van der Waals surface area contributed by atoms with E-state index < -0.39 is 18.0 Å². The topological polar surface area (TPSA) is 85.5 Å². The molecule has 144 valence electrons. The van der Waals surface area contributed by atoms with Gasteiger partial charge in [-0.25, -0.2) is 4.79 Å². The summed E-state index contributed by atoms with van der Waals surface area (Å²) >= 11 is 0. The smallest absolute Gasteiger partial charge is 0.340 e. The van der Waals surface area contributed by atoms with Crippen LogP contribution in [0.15, 0.2) is 24.3 Å². The van der Waals surface area contributed by atoms with Crippen LogP contribution in [0.4, 0.5) is 0 Å². The summed E-state index contributed by atoms with van der Waals surface area (Å²) in [5, 5.41) is 0. The van der Waals surface area contributed by atoms with Crippen molar-refractivity contribution >= 4 is 17.7 Å². The Morgan fingerprint density at radius 1 is 1.07 bits per heavy atom. The normalized spacial score (nSPS) is 11.7. The molecule has 0 amide bonds. The number of H-pyrrole nitrogens is 1. The zero-order valence-corrected chi connectivity index (χ0v) is 16.3. The highest BCUT2D eigenvalue weighted by Crippen LogP contribution is 2.21. The highest BCUT2D eigenvalue weighted by molar-refractivity contribution is 6.04. The first-order valence-electron chi connectivity index (χ1n) is 8.90. The summed E-state index contributed by atoms with van der Waals surface area (Å²) in [6, 6.07) is 7.54. The third-order valence-corrected chi connectivity index (χ3v) is 4.31. The first-order valence-corrected chi connectivity index (χ1v) is 8.90. The Balaban J connectivity index is 2.08. The minimum absolute atomic E-state index is 0.0920. The lowest BCUT2D eigenvalue weighted by molar-refractivity contribution is -0.145. The van der Waals surface area contributed by atoms with Gasteiger partial charge in [-0.3, -0.25) is 9.59 Å². The first-order chi connectivity index (χ1) is 12.7. The van der Waals surface area contributed by atoms with Crippen molar-refractivity contribution in [3.05, 3.63) is 57.9 Å². The number of aryl methyl sites for hydroxylation is 2. The lowest BCUT2D eigenvalue weighted by atomic mass is 10.1. The van der Waals surface area contributed by atoms with E-state index >= 15 is 0 Å². The van der Waals surface area contributed by atoms with Gasteiger partial charge in [0.25, 0.3) is 0 Å². The van der Waals surface area contributed by atoms with E-state index in [9.17, 15) is 14.4 Å². The van der Waals surface area contributed by atoms with E-state index in [4.69, 9.17) is 9.47 Å². The van der Waals surface area contributed by atoms with Crippen LogP contribution in [0.25, 0.3) is 0 Å². The number of hydrogen-bond donors (Lipinski definition) is 1. The Bertz CT molecular complexity index is 848. The van der Waals surface area contributed by atoms with Crippen molar-refractivity contribution in [2.24, 2.45) is 0 Å². The predicted octanol–water partition coefficient (Wildman–Crippen LogP) is 3.47. The summed E-state index contributed by atoms with van der Waals surface area (Å²) in [4.78, 5) is 39.8. The Morgan fingerprint density at radius 3 is 2.30 bits per heavy atom. The fourth-order valence-electron chi connectivity index (χ4n) is 2.87. The number of benzene rings is 1. The summed E-state index contributed by atoms with van der Waals surface area (Å²) in [6.45, 7) is 8.83. The van der Waals surface area contributed by atoms with Gasteiger partial charge in [0.1, 0.15) is 0 Å². The van der Waals surface area contributed by atoms with Gasteiger partial charge >= 0.3 is 11.9 Å². The maximum Gasteiger partial charge on any atom is 0.340 e. The average molecular weight is 371 g/mol. The summed E-state index contributed by atoms with van der Waals surface area (Å²) in [5.41, 5.74) is 3.57. The second-order valence-electron chi connectivity index (χ2n) is 6.50. The van der Waals surface area contributed by atoms with Crippen molar-refractivity contribution in [2.45, 2.75) is 47.1 Å². The molecule has 1 atom stereocenters. The maximum absolute atomic E-state index is 12.7. The molecule has 0 aliphatic rings. The molecule has 2 aromatic rings. The molecule has 6 nitrogen and oxygen atoms in total. The fourth-order valence-corrected chi connectivity index (χ4v) is 2.87. The Hall–Kier alpha value is -2.89. The van der Waals surface area contributed by atoms with E-state index in [1.54, 1.807) is 20.8 Å². The number of carbonyl (C=O) groups is 3. The molecule has 0 radical (unpaired) electrons. The quantitative estimate of drug-likeness (QED) is 0.595. The van der Waals surface area contributed by atoms with Crippen LogP contribution in [0.2, 0.25) is 0 Å². The molecule has 0 saturated heterocycles. The molecule has 1 N–H and O–H groups in total. The first kappa shape index (κ1) is 20.4. The minimum Gasteiger partial charge on any atom is -0.462 e. The predicted molar refractivity (Wildman–Crippen MR) is 101 cm³/mol. The zero-order valence-electron chi connectivity index (χ0n) is 16.3. The average Bonchev–Trinajstić information content (AvgIpc) is 2.90. The van der Waals surface area contributed by atoms with E-state index in [0.717, 1.165) is 11.1 Å². The molecule has 0 aliphatic carbocycles. The van der Waals surface area contributed by atoms with E-state index in [2.05, 4.69) is 4.98 Å². The lowest BCUT2D eigenvalue weighted by Crippen LogP contribution is -2.26. The number of esters is 2. The van der Waals surface area contributed by atoms with Crippen LogP contribution in [0.3, 0.4) is 0 Å². The maximum atomic E-state index is 12.7. The second kappa shape index (κ2) is 8.66. The molecular weight excluding hydrogens is 346 g/mol. The molecule has 6 heteroatoms. The molecule has 0 bridgehead atoms. The van der Waals surface area contributed by atoms with Crippen LogP contribution in [-0.4, -0.2) is 35.4 Å². The molecule has 1 heterocycles. The summed E-state index contributed by atoms with van der Waals surface area (Å²) < 4.78 is 10.3. The van der Waals surface area contributed by atoms with Gasteiger partial charge in [-0.15, -0.1) is 0 Å². The third kappa shape index (κ3) is 4.84. The third-order valence-electron chi connectivity index (χ3n) is 4.31. The molecule has 1 aromatic carbocycles. The Labute approximate surface area is 158 Å². The van der Waals surface area contributed by atoms with Crippen LogP contribution < -0.4 is 0 Å². The van der Waals surface area contributed by atoms with Gasteiger partial charge in [0.15, 0.2) is 6.10 Å². The van der Waals surface area contributed by atoms with Crippen LogP contribution in [0.1, 0.15) is 57.1 Å². The fraction of sp³-hybridized carbons (Fsp3) is 0.381. The van der Waals surface area contributed by atoms with Crippen LogP contribution in [-0.2, 0) is 20.7 Å². The molecule has 0 unspecified atom stereocenters. The number of Topliss-reactive ketones (excluding diaryl/α,β-unsaturated/α-hetero) is 1. The van der Waals surface area contributed by atoms with Gasteiger partial charge < -0.3 is 14.5 Å². The standard InChI is InChI=1S/C21H25NO5/c1-6-26-21(25)18-13(3)19(22-14(18)4)20(24)15(5)27-17(23)11-16-9-7-12(2)8-10-16/h7-10,15,22H,6,11H2,1-5H3/t15-/m0/s1. The number of ketones is 1. The Kier molecular flexibility index (Phi) is 6.55. The van der Waals surface area contributed by atoms with Crippen molar-refractivity contribution in [2.75, 3.05) is 6.61 Å². The Morgan fingerprint density at radius 2 is 1.70 bits per heavy atom. The number of aromatic amines is 1. The number of hydrogen-bond acceptors (Lipinski definition) is 5. The zero-order chi connectivity index (χ0) is 20.1. The molecular formula is C21H25NO5. The van der Waals surface area contributed by atoms with E-state index in [1.807, 2.05) is 31.2 Å². The summed E-state index contributed by atoms with van der Waals surface area (Å²) in [6.07, 6.45) is -0.871. The molecule has 1 aromatic heterocycles. The van der Waals surface area contributed by atoms with Gasteiger partial charge in [-0.2, -0.15) is 0 Å². The van der Waals surface area contributed by atoms with E-state index in [-0.39, 0.29) is 24.5 Å². The van der Waals surface area contributed by atoms with Crippen molar-refractivity contribution in [1.82, 2.24) is 4.98 Å².